The number of hydrogen-bond acceptors (Lipinski definition) is 5. The summed E-state index contributed by atoms with van der Waals surface area (Å²) in [6, 6.07) is 5.92. The summed E-state index contributed by atoms with van der Waals surface area (Å²) in [6.45, 7) is 7.26. The largest absolute Gasteiger partial charge is 0.341 e. The molecule has 0 bridgehead atoms. The highest BCUT2D eigenvalue weighted by atomic mass is 32.2. The van der Waals surface area contributed by atoms with Gasteiger partial charge in [0, 0.05) is 33.2 Å². The molecule has 1 atom stereocenters. The fourth-order valence-corrected chi connectivity index (χ4v) is 4.37. The number of hydrogen-bond donors (Lipinski definition) is 2. The summed E-state index contributed by atoms with van der Waals surface area (Å²) in [6.07, 6.45) is 0. The van der Waals surface area contributed by atoms with E-state index in [1.165, 1.54) is 11.4 Å². The minimum Gasteiger partial charge on any atom is -0.341 e. The molecule has 1 heterocycles. The van der Waals surface area contributed by atoms with Gasteiger partial charge in [-0.1, -0.05) is 26.0 Å². The standard InChI is InChI=1S/C18H28N4O4S/c1-13(2)15-5-7-16(8-6-15)27(25,26)22-11-9-21(10-12-22)14(3)17(23)20-18(24)19-4/h5-8,13-14H,9-12H2,1-4H3,(H2,19,20,23,24). The molecule has 1 fully saturated rings. The second kappa shape index (κ2) is 8.81. The van der Waals surface area contributed by atoms with E-state index in [1.54, 1.807) is 19.1 Å². The Balaban J connectivity index is 1.99. The van der Waals surface area contributed by atoms with Crippen LogP contribution in [0.25, 0.3) is 0 Å². The molecule has 1 saturated heterocycles. The van der Waals surface area contributed by atoms with Gasteiger partial charge in [0.2, 0.25) is 15.9 Å². The summed E-state index contributed by atoms with van der Waals surface area (Å²) < 4.78 is 27.1. The van der Waals surface area contributed by atoms with Crippen LogP contribution in [0.1, 0.15) is 32.3 Å². The Hall–Kier alpha value is -1.97. The minimum absolute atomic E-state index is 0.283. The van der Waals surface area contributed by atoms with Crippen molar-refractivity contribution in [3.8, 4) is 0 Å². The van der Waals surface area contributed by atoms with Crippen LogP contribution in [0.5, 0.6) is 0 Å². The lowest BCUT2D eigenvalue weighted by Gasteiger charge is -2.36. The maximum atomic E-state index is 12.8. The molecule has 1 aliphatic rings. The molecule has 1 unspecified atom stereocenters. The van der Waals surface area contributed by atoms with E-state index in [0.29, 0.717) is 32.1 Å². The molecular formula is C18H28N4O4S. The molecule has 150 valence electrons. The van der Waals surface area contributed by atoms with E-state index in [2.05, 4.69) is 24.5 Å². The molecule has 0 aliphatic carbocycles. The fourth-order valence-electron chi connectivity index (χ4n) is 2.95. The summed E-state index contributed by atoms with van der Waals surface area (Å²) in [5.74, 6) is -0.0670. The highest BCUT2D eigenvalue weighted by molar-refractivity contribution is 7.89. The molecule has 2 rings (SSSR count). The van der Waals surface area contributed by atoms with Crippen molar-refractivity contribution in [1.29, 1.82) is 0 Å². The van der Waals surface area contributed by atoms with Crippen molar-refractivity contribution in [1.82, 2.24) is 19.8 Å². The van der Waals surface area contributed by atoms with Crippen molar-refractivity contribution in [2.75, 3.05) is 33.2 Å². The van der Waals surface area contributed by atoms with E-state index < -0.39 is 28.0 Å². The molecule has 1 aromatic carbocycles. The molecule has 1 aliphatic heterocycles. The van der Waals surface area contributed by atoms with Gasteiger partial charge in [0.05, 0.1) is 10.9 Å². The number of carbonyl (C=O) groups is 2. The lowest BCUT2D eigenvalue weighted by Crippen LogP contribution is -2.56. The molecule has 1 aromatic rings. The van der Waals surface area contributed by atoms with Crippen LogP contribution in [0.2, 0.25) is 0 Å². The Morgan fingerprint density at radius 3 is 2.04 bits per heavy atom. The first-order valence-corrected chi connectivity index (χ1v) is 10.5. The molecule has 27 heavy (non-hydrogen) atoms. The van der Waals surface area contributed by atoms with Gasteiger partial charge in [0.1, 0.15) is 0 Å². The van der Waals surface area contributed by atoms with E-state index in [0.717, 1.165) is 5.56 Å². The summed E-state index contributed by atoms with van der Waals surface area (Å²) in [5.41, 5.74) is 1.09. The second-order valence-corrected chi connectivity index (χ2v) is 8.85. The lowest BCUT2D eigenvalue weighted by molar-refractivity contribution is -0.125. The number of imide groups is 1. The van der Waals surface area contributed by atoms with E-state index in [4.69, 9.17) is 0 Å². The Kier molecular flexibility index (Phi) is 6.96. The van der Waals surface area contributed by atoms with Gasteiger partial charge in [-0.3, -0.25) is 15.0 Å². The average Bonchev–Trinajstić information content (AvgIpc) is 2.67. The van der Waals surface area contributed by atoms with Gasteiger partial charge < -0.3 is 5.32 Å². The van der Waals surface area contributed by atoms with E-state index in [9.17, 15) is 18.0 Å². The smallest absolute Gasteiger partial charge is 0.321 e. The Bertz CT molecular complexity index is 769. The van der Waals surface area contributed by atoms with Crippen LogP contribution < -0.4 is 10.6 Å². The van der Waals surface area contributed by atoms with Gasteiger partial charge in [0.25, 0.3) is 0 Å². The summed E-state index contributed by atoms with van der Waals surface area (Å²) in [5, 5.41) is 4.58. The topological polar surface area (TPSA) is 98.8 Å². The minimum atomic E-state index is -3.55. The molecular weight excluding hydrogens is 368 g/mol. The van der Waals surface area contributed by atoms with E-state index >= 15 is 0 Å². The maximum Gasteiger partial charge on any atom is 0.321 e. The van der Waals surface area contributed by atoms with Gasteiger partial charge in [-0.25, -0.2) is 13.2 Å². The average molecular weight is 397 g/mol. The summed E-state index contributed by atoms with van der Waals surface area (Å²) in [4.78, 5) is 25.5. The van der Waals surface area contributed by atoms with Crippen LogP contribution in [0.15, 0.2) is 29.2 Å². The van der Waals surface area contributed by atoms with Crippen molar-refractivity contribution in [3.63, 3.8) is 0 Å². The first kappa shape index (κ1) is 21.3. The molecule has 0 spiro atoms. The highest BCUT2D eigenvalue weighted by Crippen LogP contribution is 2.21. The Morgan fingerprint density at radius 1 is 1.00 bits per heavy atom. The van der Waals surface area contributed by atoms with Gasteiger partial charge in [-0.2, -0.15) is 4.31 Å². The number of benzene rings is 1. The first-order valence-electron chi connectivity index (χ1n) is 9.03. The molecule has 3 amide bonds. The highest BCUT2D eigenvalue weighted by Gasteiger charge is 2.32. The van der Waals surface area contributed by atoms with Crippen molar-refractivity contribution in [2.24, 2.45) is 0 Å². The molecule has 0 radical (unpaired) electrons. The summed E-state index contributed by atoms with van der Waals surface area (Å²) in [7, 11) is -2.12. The number of sulfonamides is 1. The van der Waals surface area contributed by atoms with Crippen LogP contribution in [0, 0.1) is 0 Å². The molecule has 8 nitrogen and oxygen atoms in total. The van der Waals surface area contributed by atoms with Crippen LogP contribution in [-0.4, -0.2) is 68.8 Å². The van der Waals surface area contributed by atoms with Crippen molar-refractivity contribution in [3.05, 3.63) is 29.8 Å². The third-order valence-corrected chi connectivity index (χ3v) is 6.76. The molecule has 0 aromatic heterocycles. The number of urea groups is 1. The lowest BCUT2D eigenvalue weighted by atomic mass is 10.0. The zero-order chi connectivity index (χ0) is 20.2. The van der Waals surface area contributed by atoms with Gasteiger partial charge in [0.15, 0.2) is 0 Å². The number of nitrogens with one attached hydrogen (secondary N) is 2. The zero-order valence-electron chi connectivity index (χ0n) is 16.2. The summed E-state index contributed by atoms with van der Waals surface area (Å²) >= 11 is 0. The SMILES string of the molecule is CNC(=O)NC(=O)C(C)N1CCN(S(=O)(=O)c2ccc(C(C)C)cc2)CC1. The monoisotopic (exact) mass is 396 g/mol. The number of piperazine rings is 1. The zero-order valence-corrected chi connectivity index (χ0v) is 17.0. The number of carbonyl (C=O) groups excluding carboxylic acids is 2. The molecule has 2 N–H and O–H groups in total. The molecule has 0 saturated carbocycles. The normalized spacial score (nSPS) is 17.5. The Morgan fingerprint density at radius 2 is 1.56 bits per heavy atom. The predicted octanol–water partition coefficient (Wildman–Crippen LogP) is 0.960. The third kappa shape index (κ3) is 5.06. The van der Waals surface area contributed by atoms with Gasteiger partial charge in [-0.05, 0) is 30.5 Å². The van der Waals surface area contributed by atoms with Crippen LogP contribution >= 0.6 is 0 Å². The quantitative estimate of drug-likeness (QED) is 0.772. The van der Waals surface area contributed by atoms with Crippen LogP contribution in [0.4, 0.5) is 4.79 Å². The van der Waals surface area contributed by atoms with Crippen LogP contribution in [-0.2, 0) is 14.8 Å². The predicted molar refractivity (Wildman–Crippen MR) is 103 cm³/mol. The third-order valence-electron chi connectivity index (χ3n) is 4.85. The maximum absolute atomic E-state index is 12.8. The number of rotatable bonds is 5. The van der Waals surface area contributed by atoms with Gasteiger partial charge in [-0.15, -0.1) is 0 Å². The van der Waals surface area contributed by atoms with Crippen molar-refractivity contribution in [2.45, 2.75) is 37.6 Å². The van der Waals surface area contributed by atoms with Gasteiger partial charge >= 0.3 is 6.03 Å². The number of nitrogens with zero attached hydrogens (tertiary/aromatic N) is 2. The first-order chi connectivity index (χ1) is 12.7. The van der Waals surface area contributed by atoms with E-state index in [1.807, 2.05) is 17.0 Å². The fraction of sp³-hybridized carbons (Fsp3) is 0.556. The second-order valence-electron chi connectivity index (χ2n) is 6.91. The van der Waals surface area contributed by atoms with Crippen molar-refractivity contribution < 1.29 is 18.0 Å². The Labute approximate surface area is 161 Å². The molecule has 9 heteroatoms. The van der Waals surface area contributed by atoms with E-state index in [-0.39, 0.29) is 4.90 Å². The number of amides is 3. The van der Waals surface area contributed by atoms with Crippen LogP contribution in [0.3, 0.4) is 0 Å². The van der Waals surface area contributed by atoms with Crippen molar-refractivity contribution >= 4 is 22.0 Å².